The van der Waals surface area contributed by atoms with Gasteiger partial charge in [0.1, 0.15) is 5.82 Å². The van der Waals surface area contributed by atoms with Gasteiger partial charge in [-0.2, -0.15) is 0 Å². The molecule has 2 N–H and O–H groups in total. The highest BCUT2D eigenvalue weighted by Crippen LogP contribution is 2.31. The maximum Gasteiger partial charge on any atom is 0.124 e. The zero-order valence-electron chi connectivity index (χ0n) is 7.75. The van der Waals surface area contributed by atoms with E-state index in [1.165, 1.54) is 17.7 Å². The molecule has 0 aliphatic carbocycles. The van der Waals surface area contributed by atoms with E-state index < -0.39 is 0 Å². The van der Waals surface area contributed by atoms with Crippen molar-refractivity contribution in [3.63, 3.8) is 0 Å². The predicted molar refractivity (Wildman–Crippen MR) is 58.9 cm³/mol. The third-order valence-corrected chi connectivity index (χ3v) is 3.09. The van der Waals surface area contributed by atoms with E-state index in [0.717, 1.165) is 10.4 Å². The normalized spacial score (nSPS) is 10.4. The van der Waals surface area contributed by atoms with Gasteiger partial charge in [0.25, 0.3) is 0 Å². The Kier molecular flexibility index (Phi) is 2.25. The van der Waals surface area contributed by atoms with Crippen molar-refractivity contribution in [1.29, 1.82) is 0 Å². The van der Waals surface area contributed by atoms with E-state index in [2.05, 4.69) is 0 Å². The number of aryl methyl sites for hydroxylation is 1. The molecule has 14 heavy (non-hydrogen) atoms. The number of nitrogen functional groups attached to an aromatic ring is 1. The fourth-order valence-corrected chi connectivity index (χ4v) is 2.25. The van der Waals surface area contributed by atoms with Gasteiger partial charge >= 0.3 is 0 Å². The van der Waals surface area contributed by atoms with E-state index >= 15 is 0 Å². The van der Waals surface area contributed by atoms with Crippen molar-refractivity contribution in [2.75, 3.05) is 5.73 Å². The van der Waals surface area contributed by atoms with Crippen LogP contribution in [0.25, 0.3) is 10.4 Å². The Morgan fingerprint density at radius 3 is 2.71 bits per heavy atom. The number of rotatable bonds is 1. The van der Waals surface area contributed by atoms with Crippen LogP contribution in [0.5, 0.6) is 0 Å². The van der Waals surface area contributed by atoms with Gasteiger partial charge in [0.2, 0.25) is 0 Å². The van der Waals surface area contributed by atoms with Gasteiger partial charge in [-0.05, 0) is 42.1 Å². The van der Waals surface area contributed by atoms with Gasteiger partial charge in [0.05, 0.1) is 0 Å². The number of anilines is 1. The molecule has 0 unspecified atom stereocenters. The molecule has 0 saturated carbocycles. The molecule has 0 aliphatic heterocycles. The maximum atomic E-state index is 13.0. The summed E-state index contributed by atoms with van der Waals surface area (Å²) in [6.45, 7) is 2.01. The van der Waals surface area contributed by atoms with Gasteiger partial charge in [-0.25, -0.2) is 4.39 Å². The van der Waals surface area contributed by atoms with E-state index in [-0.39, 0.29) is 5.82 Å². The highest BCUT2D eigenvalue weighted by Gasteiger charge is 2.05. The molecule has 1 aromatic heterocycles. The second kappa shape index (κ2) is 3.42. The lowest BCUT2D eigenvalue weighted by Crippen LogP contribution is -1.89. The number of benzene rings is 1. The molecule has 0 bridgehead atoms. The molecule has 3 heteroatoms. The highest BCUT2D eigenvalue weighted by molar-refractivity contribution is 7.13. The maximum absolute atomic E-state index is 13.0. The molecule has 0 atom stereocenters. The molecule has 72 valence electrons. The van der Waals surface area contributed by atoms with Gasteiger partial charge in [-0.1, -0.05) is 0 Å². The topological polar surface area (TPSA) is 26.0 Å². The first-order chi connectivity index (χ1) is 6.66. The molecule has 0 radical (unpaired) electrons. The van der Waals surface area contributed by atoms with E-state index in [1.807, 2.05) is 18.4 Å². The summed E-state index contributed by atoms with van der Waals surface area (Å²) >= 11 is 1.58. The zero-order chi connectivity index (χ0) is 10.1. The number of hydrogen-bond acceptors (Lipinski definition) is 2. The predicted octanol–water partition coefficient (Wildman–Crippen LogP) is 3.44. The lowest BCUT2D eigenvalue weighted by atomic mass is 10.1. The first-order valence-corrected chi connectivity index (χ1v) is 5.15. The highest BCUT2D eigenvalue weighted by atomic mass is 32.1. The van der Waals surface area contributed by atoms with E-state index in [1.54, 1.807) is 17.4 Å². The third-order valence-electron chi connectivity index (χ3n) is 2.01. The Morgan fingerprint density at radius 2 is 2.07 bits per heavy atom. The minimum Gasteiger partial charge on any atom is -0.398 e. The Labute approximate surface area is 86.0 Å². The Bertz CT molecular complexity index is 462. The largest absolute Gasteiger partial charge is 0.398 e. The van der Waals surface area contributed by atoms with Gasteiger partial charge in [0, 0.05) is 16.1 Å². The average Bonchev–Trinajstić information content (AvgIpc) is 2.56. The van der Waals surface area contributed by atoms with Crippen LogP contribution in [0.4, 0.5) is 10.1 Å². The summed E-state index contributed by atoms with van der Waals surface area (Å²) in [7, 11) is 0. The monoisotopic (exact) mass is 207 g/mol. The van der Waals surface area contributed by atoms with Crippen molar-refractivity contribution < 1.29 is 4.39 Å². The van der Waals surface area contributed by atoms with Crippen LogP contribution in [0.1, 0.15) is 5.56 Å². The molecule has 0 fully saturated rings. The minimum absolute atomic E-state index is 0.250. The van der Waals surface area contributed by atoms with Crippen molar-refractivity contribution >= 4 is 17.0 Å². The second-order valence-electron chi connectivity index (χ2n) is 3.22. The van der Waals surface area contributed by atoms with E-state index in [9.17, 15) is 4.39 Å². The van der Waals surface area contributed by atoms with Crippen LogP contribution >= 0.6 is 11.3 Å². The third kappa shape index (κ3) is 1.63. The Balaban J connectivity index is 2.55. The summed E-state index contributed by atoms with van der Waals surface area (Å²) in [5.74, 6) is -0.250. The summed E-state index contributed by atoms with van der Waals surface area (Å²) in [6, 6.07) is 6.45. The van der Waals surface area contributed by atoms with Crippen LogP contribution in [-0.4, -0.2) is 0 Å². The average molecular weight is 207 g/mol. The van der Waals surface area contributed by atoms with Crippen LogP contribution in [0.3, 0.4) is 0 Å². The van der Waals surface area contributed by atoms with Crippen molar-refractivity contribution in [2.24, 2.45) is 0 Å². The van der Waals surface area contributed by atoms with Crippen LogP contribution < -0.4 is 5.73 Å². The molecular weight excluding hydrogens is 197 g/mol. The molecule has 0 spiro atoms. The summed E-state index contributed by atoms with van der Waals surface area (Å²) in [6.07, 6.45) is 0. The van der Waals surface area contributed by atoms with Gasteiger partial charge in [-0.3, -0.25) is 0 Å². The van der Waals surface area contributed by atoms with Crippen LogP contribution in [-0.2, 0) is 0 Å². The Morgan fingerprint density at radius 1 is 1.29 bits per heavy atom. The van der Waals surface area contributed by atoms with E-state index in [4.69, 9.17) is 5.73 Å². The molecule has 0 aliphatic rings. The quantitative estimate of drug-likeness (QED) is 0.712. The van der Waals surface area contributed by atoms with Gasteiger partial charge < -0.3 is 5.73 Å². The lowest BCUT2D eigenvalue weighted by Gasteiger charge is -2.02. The molecule has 0 saturated heterocycles. The molecule has 2 rings (SSSR count). The Hall–Kier alpha value is -1.35. The summed E-state index contributed by atoms with van der Waals surface area (Å²) in [4.78, 5) is 1.01. The fourth-order valence-electron chi connectivity index (χ4n) is 1.31. The number of nitrogens with two attached hydrogens (primary N) is 1. The van der Waals surface area contributed by atoms with E-state index in [0.29, 0.717) is 5.69 Å². The smallest absolute Gasteiger partial charge is 0.124 e. The van der Waals surface area contributed by atoms with Crippen LogP contribution in [0.15, 0.2) is 29.6 Å². The minimum atomic E-state index is -0.250. The molecule has 2 aromatic rings. The van der Waals surface area contributed by atoms with Crippen LogP contribution in [0, 0.1) is 12.7 Å². The summed E-state index contributed by atoms with van der Waals surface area (Å²) in [5, 5.41) is 2.03. The molecule has 0 amide bonds. The number of hydrogen-bond donors (Lipinski definition) is 1. The molecule has 1 nitrogen and oxygen atoms in total. The van der Waals surface area contributed by atoms with Gasteiger partial charge in [0.15, 0.2) is 0 Å². The first-order valence-electron chi connectivity index (χ1n) is 4.27. The first kappa shape index (κ1) is 9.21. The van der Waals surface area contributed by atoms with Crippen molar-refractivity contribution in [3.05, 3.63) is 41.0 Å². The zero-order valence-corrected chi connectivity index (χ0v) is 8.57. The number of thiophene rings is 1. The molecular formula is C11H10FNS. The lowest BCUT2D eigenvalue weighted by molar-refractivity contribution is 0.628. The summed E-state index contributed by atoms with van der Waals surface area (Å²) in [5.41, 5.74) is 8.34. The molecule has 1 heterocycles. The van der Waals surface area contributed by atoms with Crippen molar-refractivity contribution in [2.45, 2.75) is 6.92 Å². The van der Waals surface area contributed by atoms with Crippen molar-refractivity contribution in [1.82, 2.24) is 0 Å². The van der Waals surface area contributed by atoms with Gasteiger partial charge in [-0.15, -0.1) is 11.3 Å². The van der Waals surface area contributed by atoms with Crippen molar-refractivity contribution in [3.8, 4) is 10.4 Å². The fraction of sp³-hybridized carbons (Fsp3) is 0.0909. The summed E-state index contributed by atoms with van der Waals surface area (Å²) < 4.78 is 13.0. The second-order valence-corrected chi connectivity index (χ2v) is 4.13. The standard InChI is InChI=1S/C11H10FNS/c1-7-4-11(14-6-7)9-5-8(12)2-3-10(9)13/h2-6H,13H2,1H3. The SMILES string of the molecule is Cc1csc(-c2cc(F)ccc2N)c1. The number of halogens is 1. The molecule has 1 aromatic carbocycles. The van der Waals surface area contributed by atoms with Crippen LogP contribution in [0.2, 0.25) is 0 Å².